The smallest absolute Gasteiger partial charge is 0.131 e. The van der Waals surface area contributed by atoms with E-state index in [9.17, 15) is 4.39 Å². The van der Waals surface area contributed by atoms with E-state index in [0.29, 0.717) is 17.7 Å². The maximum atomic E-state index is 14.2. The van der Waals surface area contributed by atoms with Crippen molar-refractivity contribution in [1.29, 1.82) is 0 Å². The quantitative estimate of drug-likeness (QED) is 0.847. The third-order valence-corrected chi connectivity index (χ3v) is 5.84. The first-order chi connectivity index (χ1) is 11.1. The Labute approximate surface area is 139 Å². The summed E-state index contributed by atoms with van der Waals surface area (Å²) in [6.07, 6.45) is 6.49. The molecule has 0 radical (unpaired) electrons. The van der Waals surface area contributed by atoms with Gasteiger partial charge in [0.2, 0.25) is 0 Å². The lowest BCUT2D eigenvalue weighted by Crippen LogP contribution is -2.38. The second-order valence-electron chi connectivity index (χ2n) is 7.39. The Hall–Kier alpha value is -1.13. The van der Waals surface area contributed by atoms with Crippen molar-refractivity contribution >= 4 is 0 Å². The first-order valence-corrected chi connectivity index (χ1v) is 8.84. The van der Waals surface area contributed by atoms with Gasteiger partial charge >= 0.3 is 0 Å². The van der Waals surface area contributed by atoms with Gasteiger partial charge in [0.15, 0.2) is 0 Å². The molecule has 0 amide bonds. The summed E-state index contributed by atoms with van der Waals surface area (Å²) in [7, 11) is 3.80. The summed E-state index contributed by atoms with van der Waals surface area (Å²) < 4.78 is 19.3. The molecule has 0 saturated carbocycles. The number of hydrogen-bond acceptors (Lipinski definition) is 3. The van der Waals surface area contributed by atoms with E-state index in [2.05, 4.69) is 16.8 Å². The fourth-order valence-electron chi connectivity index (χ4n) is 4.08. The van der Waals surface area contributed by atoms with E-state index in [0.717, 1.165) is 18.7 Å². The molecule has 1 spiro atoms. The van der Waals surface area contributed by atoms with Crippen LogP contribution in [0.25, 0.3) is 0 Å². The molecule has 23 heavy (non-hydrogen) atoms. The van der Waals surface area contributed by atoms with Gasteiger partial charge in [-0.3, -0.25) is 4.90 Å². The van der Waals surface area contributed by atoms with Crippen molar-refractivity contribution in [3.8, 4) is 5.75 Å². The Bertz CT molecular complexity index is 526. The maximum absolute atomic E-state index is 14.2. The molecule has 128 valence electrons. The average Bonchev–Trinajstić information content (AvgIpc) is 2.75. The summed E-state index contributed by atoms with van der Waals surface area (Å²) in [5.41, 5.74) is 1.32. The van der Waals surface area contributed by atoms with Gasteiger partial charge in [-0.1, -0.05) is 6.07 Å². The van der Waals surface area contributed by atoms with Crippen LogP contribution in [0.5, 0.6) is 5.75 Å². The normalized spacial score (nSPS) is 22.9. The van der Waals surface area contributed by atoms with Crippen molar-refractivity contribution in [1.82, 2.24) is 9.80 Å². The van der Waals surface area contributed by atoms with E-state index < -0.39 is 0 Å². The molecular weight excluding hydrogens is 291 g/mol. The molecule has 2 aliphatic heterocycles. The first kappa shape index (κ1) is 16.7. The van der Waals surface area contributed by atoms with E-state index in [4.69, 9.17) is 4.74 Å². The Morgan fingerprint density at radius 3 is 2.52 bits per heavy atom. The zero-order chi connectivity index (χ0) is 16.3. The molecule has 2 saturated heterocycles. The highest BCUT2D eigenvalue weighted by Crippen LogP contribution is 2.41. The van der Waals surface area contributed by atoms with E-state index in [1.54, 1.807) is 7.11 Å². The highest BCUT2D eigenvalue weighted by molar-refractivity contribution is 5.28. The topological polar surface area (TPSA) is 15.7 Å². The Balaban J connectivity index is 1.60. The van der Waals surface area contributed by atoms with Gasteiger partial charge in [-0.25, -0.2) is 4.39 Å². The number of halogens is 1. The molecule has 2 fully saturated rings. The number of hydrogen-bond donors (Lipinski definition) is 0. The number of rotatable bonds is 3. The zero-order valence-corrected chi connectivity index (χ0v) is 14.5. The summed E-state index contributed by atoms with van der Waals surface area (Å²) >= 11 is 0. The third kappa shape index (κ3) is 4.04. The van der Waals surface area contributed by atoms with Gasteiger partial charge in [0, 0.05) is 18.2 Å². The van der Waals surface area contributed by atoms with Crippen LogP contribution in [0.3, 0.4) is 0 Å². The molecule has 0 aromatic heterocycles. The van der Waals surface area contributed by atoms with E-state index in [1.807, 2.05) is 12.1 Å². The number of piperidine rings is 1. The summed E-state index contributed by atoms with van der Waals surface area (Å²) in [6, 6.07) is 5.21. The molecule has 2 heterocycles. The van der Waals surface area contributed by atoms with Crippen LogP contribution in [-0.4, -0.2) is 50.1 Å². The maximum Gasteiger partial charge on any atom is 0.131 e. The third-order valence-electron chi connectivity index (χ3n) is 5.84. The minimum absolute atomic E-state index is 0.150. The van der Waals surface area contributed by atoms with Gasteiger partial charge in [-0.2, -0.15) is 0 Å². The summed E-state index contributed by atoms with van der Waals surface area (Å²) in [5.74, 6) is 0.440. The molecular formula is C19H29FN2O. The fraction of sp³-hybridized carbons (Fsp3) is 0.684. The molecule has 0 unspecified atom stereocenters. The predicted molar refractivity (Wildman–Crippen MR) is 91.2 cm³/mol. The monoisotopic (exact) mass is 320 g/mol. The number of ether oxygens (including phenoxy) is 1. The summed E-state index contributed by atoms with van der Waals surface area (Å²) in [5, 5.41) is 0. The Morgan fingerprint density at radius 2 is 1.83 bits per heavy atom. The fourth-order valence-corrected chi connectivity index (χ4v) is 4.08. The van der Waals surface area contributed by atoms with E-state index in [-0.39, 0.29) is 5.82 Å². The van der Waals surface area contributed by atoms with Gasteiger partial charge < -0.3 is 9.64 Å². The zero-order valence-electron chi connectivity index (χ0n) is 14.5. The van der Waals surface area contributed by atoms with Gasteiger partial charge in [0.1, 0.15) is 11.6 Å². The lowest BCUT2D eigenvalue weighted by Gasteiger charge is -2.40. The van der Waals surface area contributed by atoms with Gasteiger partial charge in [0.25, 0.3) is 0 Å². The van der Waals surface area contributed by atoms with Crippen molar-refractivity contribution in [2.75, 3.05) is 40.3 Å². The van der Waals surface area contributed by atoms with Crippen molar-refractivity contribution < 1.29 is 9.13 Å². The summed E-state index contributed by atoms with van der Waals surface area (Å²) in [6.45, 7) is 5.35. The van der Waals surface area contributed by atoms with Crippen LogP contribution in [0.2, 0.25) is 0 Å². The lowest BCUT2D eigenvalue weighted by molar-refractivity contribution is 0.104. The molecule has 0 bridgehead atoms. The predicted octanol–water partition coefficient (Wildman–Crippen LogP) is 3.53. The number of nitrogens with zero attached hydrogens (tertiary/aromatic N) is 2. The SMILES string of the molecule is COc1ccc(CN2CCCC3(CCN(C)CC3)CC2)c(F)c1. The molecule has 2 aliphatic rings. The van der Waals surface area contributed by atoms with E-state index in [1.165, 1.54) is 51.3 Å². The number of likely N-dealkylation sites (tertiary alicyclic amines) is 2. The highest BCUT2D eigenvalue weighted by Gasteiger charge is 2.35. The minimum Gasteiger partial charge on any atom is -0.497 e. The van der Waals surface area contributed by atoms with Crippen LogP contribution in [0.1, 0.15) is 37.7 Å². The van der Waals surface area contributed by atoms with Gasteiger partial charge in [-0.15, -0.1) is 0 Å². The molecule has 0 N–H and O–H groups in total. The molecule has 4 heteroatoms. The van der Waals surface area contributed by atoms with Gasteiger partial charge in [0.05, 0.1) is 7.11 Å². The van der Waals surface area contributed by atoms with Crippen LogP contribution in [0.15, 0.2) is 18.2 Å². The van der Waals surface area contributed by atoms with Crippen LogP contribution in [-0.2, 0) is 6.54 Å². The van der Waals surface area contributed by atoms with Crippen molar-refractivity contribution in [3.05, 3.63) is 29.6 Å². The van der Waals surface area contributed by atoms with Gasteiger partial charge in [-0.05, 0) is 76.8 Å². The van der Waals surface area contributed by atoms with E-state index >= 15 is 0 Å². The largest absolute Gasteiger partial charge is 0.497 e. The summed E-state index contributed by atoms with van der Waals surface area (Å²) in [4.78, 5) is 4.87. The minimum atomic E-state index is -0.150. The first-order valence-electron chi connectivity index (χ1n) is 8.84. The van der Waals surface area contributed by atoms with Crippen LogP contribution in [0.4, 0.5) is 4.39 Å². The van der Waals surface area contributed by atoms with Crippen molar-refractivity contribution in [2.24, 2.45) is 5.41 Å². The highest BCUT2D eigenvalue weighted by atomic mass is 19.1. The van der Waals surface area contributed by atoms with Crippen LogP contribution >= 0.6 is 0 Å². The standard InChI is InChI=1S/C19H29FN2O/c1-21-11-7-19(8-12-21)6-3-10-22(13-9-19)15-16-4-5-17(23-2)14-18(16)20/h4-5,14H,3,6-13,15H2,1-2H3. The molecule has 3 nitrogen and oxygen atoms in total. The van der Waals surface area contributed by atoms with Crippen LogP contribution < -0.4 is 4.74 Å². The Morgan fingerprint density at radius 1 is 1.09 bits per heavy atom. The number of methoxy groups -OCH3 is 1. The molecule has 0 atom stereocenters. The molecule has 3 rings (SSSR count). The lowest BCUT2D eigenvalue weighted by atomic mass is 9.73. The second kappa shape index (κ2) is 7.18. The molecule has 0 aliphatic carbocycles. The van der Waals surface area contributed by atoms with Crippen molar-refractivity contribution in [2.45, 2.75) is 38.6 Å². The number of benzene rings is 1. The Kier molecular flexibility index (Phi) is 5.22. The molecule has 1 aromatic rings. The van der Waals surface area contributed by atoms with Crippen molar-refractivity contribution in [3.63, 3.8) is 0 Å². The second-order valence-corrected chi connectivity index (χ2v) is 7.39. The average molecular weight is 320 g/mol. The molecule has 1 aromatic carbocycles. The van der Waals surface area contributed by atoms with Crippen LogP contribution in [0, 0.1) is 11.2 Å².